The van der Waals surface area contributed by atoms with Gasteiger partial charge in [0.25, 0.3) is 5.91 Å². The molecule has 2 N–H and O–H groups in total. The van der Waals surface area contributed by atoms with Crippen molar-refractivity contribution in [3.63, 3.8) is 0 Å². The van der Waals surface area contributed by atoms with Crippen molar-refractivity contribution in [2.75, 3.05) is 6.54 Å². The van der Waals surface area contributed by atoms with Crippen molar-refractivity contribution in [3.8, 4) is 22.8 Å². The van der Waals surface area contributed by atoms with E-state index in [-0.39, 0.29) is 44.9 Å². The summed E-state index contributed by atoms with van der Waals surface area (Å²) in [6.07, 6.45) is -4.82. The van der Waals surface area contributed by atoms with E-state index in [0.717, 1.165) is 12.1 Å². The highest BCUT2D eigenvalue weighted by molar-refractivity contribution is 6.02. The average molecular weight is 542 g/mol. The predicted molar refractivity (Wildman–Crippen MR) is 126 cm³/mol. The number of carbonyl (C=O) groups is 1. The normalized spacial score (nSPS) is 15.3. The molecule has 198 valence electrons. The van der Waals surface area contributed by atoms with Crippen LogP contribution in [0.2, 0.25) is 0 Å². The number of H-pyrrole nitrogens is 2. The lowest BCUT2D eigenvalue weighted by Gasteiger charge is -2.27. The third-order valence-electron chi connectivity index (χ3n) is 6.24. The molecule has 0 fully saturated rings. The highest BCUT2D eigenvalue weighted by Gasteiger charge is 2.48. The molecule has 0 bridgehead atoms. The van der Waals surface area contributed by atoms with Gasteiger partial charge in [-0.25, -0.2) is 13.6 Å². The minimum absolute atomic E-state index is 0.00556. The Morgan fingerprint density at radius 3 is 2.46 bits per heavy atom. The molecule has 0 saturated carbocycles. The van der Waals surface area contributed by atoms with Crippen molar-refractivity contribution in [2.45, 2.75) is 12.2 Å². The van der Waals surface area contributed by atoms with Crippen molar-refractivity contribution >= 4 is 17.0 Å². The summed E-state index contributed by atoms with van der Waals surface area (Å²) in [6.45, 7) is -1.69. The van der Waals surface area contributed by atoms with Gasteiger partial charge in [-0.1, -0.05) is 18.2 Å². The Hall–Kier alpha value is -4.94. The number of benzene rings is 3. The van der Waals surface area contributed by atoms with E-state index in [2.05, 4.69) is 15.2 Å². The Labute approximate surface area is 214 Å². The van der Waals surface area contributed by atoms with E-state index in [1.165, 1.54) is 18.2 Å². The molecule has 0 radical (unpaired) electrons. The number of rotatable bonds is 5. The molecular formula is C26H15F5N4O4. The van der Waals surface area contributed by atoms with Gasteiger partial charge in [-0.15, -0.1) is 0 Å². The summed E-state index contributed by atoms with van der Waals surface area (Å²) in [7, 11) is 0. The first kappa shape index (κ1) is 24.4. The molecule has 8 nitrogen and oxygen atoms in total. The van der Waals surface area contributed by atoms with Crippen LogP contribution in [0.25, 0.3) is 22.4 Å². The van der Waals surface area contributed by atoms with Gasteiger partial charge in [-0.2, -0.15) is 18.3 Å². The summed E-state index contributed by atoms with van der Waals surface area (Å²) < 4.78 is 81.3. The summed E-state index contributed by atoms with van der Waals surface area (Å²) in [5.41, 5.74) is -1.39. The molecule has 1 amide bonds. The van der Waals surface area contributed by atoms with E-state index in [0.29, 0.717) is 10.6 Å². The number of hydrogen-bond donors (Lipinski definition) is 2. The van der Waals surface area contributed by atoms with Crippen molar-refractivity contribution < 1.29 is 35.9 Å². The monoisotopic (exact) mass is 542 g/mol. The summed E-state index contributed by atoms with van der Waals surface area (Å²) in [5.74, 6) is -3.28. The lowest BCUT2D eigenvalue weighted by molar-refractivity contribution is -0.142. The Morgan fingerprint density at radius 2 is 1.72 bits per heavy atom. The van der Waals surface area contributed by atoms with Gasteiger partial charge in [0, 0.05) is 16.7 Å². The predicted octanol–water partition coefficient (Wildman–Crippen LogP) is 5.69. The zero-order chi connectivity index (χ0) is 27.5. The van der Waals surface area contributed by atoms with Crippen LogP contribution in [-0.2, 0) is 0 Å². The fraction of sp³-hybridized carbons (Fsp3) is 0.115. The van der Waals surface area contributed by atoms with Crippen LogP contribution in [-0.4, -0.2) is 38.7 Å². The topological polar surface area (TPSA) is 104 Å². The van der Waals surface area contributed by atoms with Crippen LogP contribution >= 0.6 is 0 Å². The molecule has 2 aromatic heterocycles. The van der Waals surface area contributed by atoms with Gasteiger partial charge in [0.15, 0.2) is 11.4 Å². The fourth-order valence-corrected chi connectivity index (χ4v) is 4.69. The molecule has 0 saturated heterocycles. The van der Waals surface area contributed by atoms with Crippen LogP contribution in [0.15, 0.2) is 69.9 Å². The molecule has 1 aliphatic rings. The van der Waals surface area contributed by atoms with Crippen LogP contribution in [0.1, 0.15) is 27.7 Å². The number of nitrogens with one attached hydrogen (secondary N) is 2. The Bertz CT molecular complexity index is 1790. The maximum Gasteiger partial charge on any atom is 0.417 e. The number of aromatic amines is 2. The van der Waals surface area contributed by atoms with E-state index in [9.17, 15) is 27.2 Å². The number of nitrogens with zero attached hydrogens (tertiary/aromatic N) is 2. The molecule has 1 atom stereocenters. The maximum absolute atomic E-state index is 15.3. The molecule has 39 heavy (non-hydrogen) atoms. The number of hydrogen-bond acceptors (Lipinski definition) is 5. The number of aromatic nitrogens is 3. The molecule has 0 spiro atoms. The highest BCUT2D eigenvalue weighted by Crippen LogP contribution is 2.46. The number of fused-ring (bicyclic) bond motifs is 2. The largest absolute Gasteiger partial charge is 0.457 e. The van der Waals surface area contributed by atoms with Crippen LogP contribution in [0.4, 0.5) is 22.0 Å². The van der Waals surface area contributed by atoms with Crippen molar-refractivity contribution in [3.05, 3.63) is 99.7 Å². The van der Waals surface area contributed by atoms with Gasteiger partial charge in [0.05, 0.1) is 6.04 Å². The van der Waals surface area contributed by atoms with Crippen LogP contribution < -0.4 is 10.5 Å². The summed E-state index contributed by atoms with van der Waals surface area (Å²) in [4.78, 5) is 27.6. The second-order valence-corrected chi connectivity index (χ2v) is 8.72. The maximum atomic E-state index is 15.3. The number of alkyl halides is 3. The third kappa shape index (κ3) is 4.21. The smallest absolute Gasteiger partial charge is 0.417 e. The van der Waals surface area contributed by atoms with E-state index >= 15 is 4.39 Å². The number of ether oxygens (including phenoxy) is 1. The Morgan fingerprint density at radius 1 is 0.974 bits per heavy atom. The first-order chi connectivity index (χ1) is 18.6. The molecule has 13 heteroatoms. The molecule has 5 aromatic rings. The number of oxazole rings is 1. The zero-order valence-corrected chi connectivity index (χ0v) is 19.5. The summed E-state index contributed by atoms with van der Waals surface area (Å²) >= 11 is 0. The van der Waals surface area contributed by atoms with Crippen LogP contribution in [0, 0.1) is 11.6 Å². The van der Waals surface area contributed by atoms with Gasteiger partial charge < -0.3 is 14.1 Å². The van der Waals surface area contributed by atoms with Crippen molar-refractivity contribution in [1.29, 1.82) is 0 Å². The molecule has 3 heterocycles. The van der Waals surface area contributed by atoms with Crippen molar-refractivity contribution in [1.82, 2.24) is 20.1 Å². The molecule has 0 aliphatic carbocycles. The molecule has 1 unspecified atom stereocenters. The number of amides is 1. The number of carbonyl (C=O) groups excluding carboxylic acids is 1. The fourth-order valence-electron chi connectivity index (χ4n) is 4.69. The second kappa shape index (κ2) is 8.82. The second-order valence-electron chi connectivity index (χ2n) is 8.72. The number of para-hydroxylation sites is 1. The average Bonchev–Trinajstić information content (AvgIpc) is 3.56. The van der Waals surface area contributed by atoms with E-state index < -0.39 is 42.1 Å². The van der Waals surface area contributed by atoms with Gasteiger partial charge in [-0.05, 0) is 42.5 Å². The standard InChI is InChI=1S/C26H15F5N4O4/c27-16-8-6-13(38-12-4-2-1-3-5-12)10-15(16)22-18-19(14-7-9-17(28)20-23(14)39-25(37)32-20)33-34-21(18)24(36)35(22)11-26(29,30)31/h1-10,22H,11H2,(H,32,37)(H,33,34). The van der Waals surface area contributed by atoms with Crippen molar-refractivity contribution in [2.24, 2.45) is 0 Å². The lowest BCUT2D eigenvalue weighted by atomic mass is 9.95. The SMILES string of the molecule is O=C1c2[nH]nc(-c3ccc(F)c4[nH]c(=O)oc34)c2C(c2cc(Oc3ccccc3)ccc2F)N1CC(F)(F)F. The Balaban J connectivity index is 1.55. The van der Waals surface area contributed by atoms with E-state index in [4.69, 9.17) is 9.15 Å². The van der Waals surface area contributed by atoms with Crippen LogP contribution in [0.3, 0.4) is 0 Å². The highest BCUT2D eigenvalue weighted by atomic mass is 19.4. The van der Waals surface area contributed by atoms with Gasteiger partial charge in [0.2, 0.25) is 0 Å². The van der Waals surface area contributed by atoms with Gasteiger partial charge in [0.1, 0.15) is 40.8 Å². The molecule has 6 rings (SSSR count). The van der Waals surface area contributed by atoms with Gasteiger partial charge >= 0.3 is 11.9 Å². The number of halogens is 5. The third-order valence-corrected chi connectivity index (χ3v) is 6.24. The zero-order valence-electron chi connectivity index (χ0n) is 19.5. The summed E-state index contributed by atoms with van der Waals surface area (Å²) in [5, 5.41) is 6.49. The Kier molecular flexibility index (Phi) is 5.52. The molecular weight excluding hydrogens is 527 g/mol. The first-order valence-corrected chi connectivity index (χ1v) is 11.4. The van der Waals surface area contributed by atoms with Crippen LogP contribution in [0.5, 0.6) is 11.5 Å². The first-order valence-electron chi connectivity index (χ1n) is 11.4. The summed E-state index contributed by atoms with van der Waals surface area (Å²) in [6, 6.07) is 12.5. The molecule has 3 aromatic carbocycles. The quantitative estimate of drug-likeness (QED) is 0.278. The minimum Gasteiger partial charge on any atom is -0.457 e. The van der Waals surface area contributed by atoms with Gasteiger partial charge in [-0.3, -0.25) is 14.9 Å². The van der Waals surface area contributed by atoms with E-state index in [1.807, 2.05) is 0 Å². The minimum atomic E-state index is -4.82. The molecule has 1 aliphatic heterocycles. The lowest BCUT2D eigenvalue weighted by Crippen LogP contribution is -2.38. The van der Waals surface area contributed by atoms with E-state index in [1.54, 1.807) is 30.3 Å².